The van der Waals surface area contributed by atoms with Gasteiger partial charge in [-0.2, -0.15) is 0 Å². The van der Waals surface area contributed by atoms with Gasteiger partial charge in [0, 0.05) is 44.0 Å². The SMILES string of the molecule is CNC(=O)c1[nH]c(C2CCN(C(=O)c3cnccn3)CC2)nc1-c1ccc(F)cc1. The number of imidazole rings is 1. The number of carbonyl (C=O) groups excluding carboxylic acids is 2. The molecule has 4 rings (SSSR count). The number of hydrogen-bond acceptors (Lipinski definition) is 5. The fraction of sp³-hybridized carbons (Fsp3) is 0.286. The number of nitrogens with one attached hydrogen (secondary N) is 2. The van der Waals surface area contributed by atoms with Crippen LogP contribution in [0.5, 0.6) is 0 Å². The highest BCUT2D eigenvalue weighted by atomic mass is 19.1. The fourth-order valence-corrected chi connectivity index (χ4v) is 3.62. The van der Waals surface area contributed by atoms with Crippen LogP contribution in [0, 0.1) is 5.82 Å². The van der Waals surface area contributed by atoms with Crippen molar-refractivity contribution in [2.75, 3.05) is 20.1 Å². The quantitative estimate of drug-likeness (QED) is 0.690. The molecule has 1 aliphatic rings. The first-order valence-corrected chi connectivity index (χ1v) is 9.70. The first-order chi connectivity index (χ1) is 14.6. The summed E-state index contributed by atoms with van der Waals surface area (Å²) in [7, 11) is 1.55. The Morgan fingerprint density at radius 2 is 1.90 bits per heavy atom. The van der Waals surface area contributed by atoms with Gasteiger partial charge in [0.05, 0.1) is 6.20 Å². The largest absolute Gasteiger partial charge is 0.354 e. The highest BCUT2D eigenvalue weighted by molar-refractivity contribution is 5.98. The Kier molecular flexibility index (Phi) is 5.51. The zero-order valence-electron chi connectivity index (χ0n) is 16.4. The number of benzene rings is 1. The third kappa shape index (κ3) is 3.91. The van der Waals surface area contributed by atoms with Gasteiger partial charge in [0.2, 0.25) is 0 Å². The molecule has 0 bridgehead atoms. The van der Waals surface area contributed by atoms with Gasteiger partial charge in [0.15, 0.2) is 0 Å². The zero-order chi connectivity index (χ0) is 21.1. The second-order valence-electron chi connectivity index (χ2n) is 7.09. The van der Waals surface area contributed by atoms with E-state index in [1.807, 2.05) is 0 Å². The molecular formula is C21H21FN6O2. The monoisotopic (exact) mass is 408 g/mol. The van der Waals surface area contributed by atoms with Gasteiger partial charge < -0.3 is 15.2 Å². The Hall–Kier alpha value is -3.62. The van der Waals surface area contributed by atoms with Gasteiger partial charge in [-0.05, 0) is 37.1 Å². The number of carbonyl (C=O) groups is 2. The van der Waals surface area contributed by atoms with Crippen LogP contribution in [0.2, 0.25) is 0 Å². The van der Waals surface area contributed by atoms with Crippen molar-refractivity contribution >= 4 is 11.8 Å². The fourth-order valence-electron chi connectivity index (χ4n) is 3.62. The minimum absolute atomic E-state index is 0.0773. The molecule has 2 amide bonds. The third-order valence-corrected chi connectivity index (χ3v) is 5.25. The Labute approximate surface area is 172 Å². The molecule has 3 aromatic rings. The molecule has 0 aliphatic carbocycles. The summed E-state index contributed by atoms with van der Waals surface area (Å²) in [6.07, 6.45) is 5.90. The maximum atomic E-state index is 13.3. The van der Waals surface area contributed by atoms with Gasteiger partial charge in [-0.15, -0.1) is 0 Å². The highest BCUT2D eigenvalue weighted by Crippen LogP contribution is 2.30. The number of nitrogens with zero attached hydrogens (tertiary/aromatic N) is 4. The lowest BCUT2D eigenvalue weighted by molar-refractivity contribution is 0.0704. The molecule has 0 saturated carbocycles. The molecule has 3 heterocycles. The van der Waals surface area contributed by atoms with Crippen LogP contribution in [0.3, 0.4) is 0 Å². The zero-order valence-corrected chi connectivity index (χ0v) is 16.4. The summed E-state index contributed by atoms with van der Waals surface area (Å²) in [6, 6.07) is 5.88. The number of likely N-dealkylation sites (tertiary alicyclic amines) is 1. The maximum absolute atomic E-state index is 13.3. The van der Waals surface area contributed by atoms with E-state index in [4.69, 9.17) is 0 Å². The molecule has 0 atom stereocenters. The average molecular weight is 408 g/mol. The number of H-pyrrole nitrogens is 1. The molecule has 0 spiro atoms. The van der Waals surface area contributed by atoms with E-state index in [-0.39, 0.29) is 23.5 Å². The van der Waals surface area contributed by atoms with E-state index in [1.54, 1.807) is 24.1 Å². The molecule has 1 saturated heterocycles. The van der Waals surface area contributed by atoms with Crippen molar-refractivity contribution in [3.8, 4) is 11.3 Å². The molecule has 1 aromatic carbocycles. The second-order valence-corrected chi connectivity index (χ2v) is 7.09. The topological polar surface area (TPSA) is 104 Å². The first kappa shape index (κ1) is 19.7. The van der Waals surface area contributed by atoms with E-state index in [0.29, 0.717) is 54.4 Å². The minimum Gasteiger partial charge on any atom is -0.354 e. The van der Waals surface area contributed by atoms with E-state index < -0.39 is 0 Å². The molecular weight excluding hydrogens is 387 g/mol. The van der Waals surface area contributed by atoms with E-state index in [1.165, 1.54) is 30.7 Å². The summed E-state index contributed by atoms with van der Waals surface area (Å²) in [6.45, 7) is 1.12. The van der Waals surface area contributed by atoms with E-state index >= 15 is 0 Å². The number of halogens is 1. The number of rotatable bonds is 4. The molecule has 2 N–H and O–H groups in total. The van der Waals surface area contributed by atoms with Crippen LogP contribution < -0.4 is 5.32 Å². The van der Waals surface area contributed by atoms with Crippen LogP contribution in [0.25, 0.3) is 11.3 Å². The molecule has 30 heavy (non-hydrogen) atoms. The predicted octanol–water partition coefficient (Wildman–Crippen LogP) is 2.39. The summed E-state index contributed by atoms with van der Waals surface area (Å²) in [5.41, 5.74) is 1.82. The van der Waals surface area contributed by atoms with Gasteiger partial charge in [-0.3, -0.25) is 14.6 Å². The molecule has 2 aromatic heterocycles. The van der Waals surface area contributed by atoms with Crippen LogP contribution in [0.1, 0.15) is 45.6 Å². The smallest absolute Gasteiger partial charge is 0.274 e. The number of hydrogen-bond donors (Lipinski definition) is 2. The molecule has 1 aliphatic heterocycles. The lowest BCUT2D eigenvalue weighted by atomic mass is 9.96. The lowest BCUT2D eigenvalue weighted by Gasteiger charge is -2.30. The minimum atomic E-state index is -0.351. The molecule has 9 heteroatoms. The Morgan fingerprint density at radius 3 is 2.53 bits per heavy atom. The summed E-state index contributed by atoms with van der Waals surface area (Å²) in [4.78, 5) is 42.5. The van der Waals surface area contributed by atoms with Crippen LogP contribution in [-0.2, 0) is 0 Å². The van der Waals surface area contributed by atoms with Gasteiger partial charge in [-0.25, -0.2) is 14.4 Å². The Bertz CT molecular complexity index is 1040. The Balaban J connectivity index is 1.53. The summed E-state index contributed by atoms with van der Waals surface area (Å²) < 4.78 is 13.3. The maximum Gasteiger partial charge on any atom is 0.274 e. The number of aromatic nitrogens is 4. The molecule has 8 nitrogen and oxygen atoms in total. The van der Waals surface area contributed by atoms with Crippen LogP contribution in [0.4, 0.5) is 4.39 Å². The van der Waals surface area contributed by atoms with Gasteiger partial charge in [-0.1, -0.05) is 0 Å². The van der Waals surface area contributed by atoms with Crippen molar-refractivity contribution in [1.82, 2.24) is 30.2 Å². The van der Waals surface area contributed by atoms with E-state index in [2.05, 4.69) is 25.3 Å². The standard InChI is InChI=1S/C21H21FN6O2/c1-23-20(29)18-17(13-2-4-15(22)5-3-13)26-19(27-18)14-6-10-28(11-7-14)21(30)16-12-24-8-9-25-16/h2-5,8-9,12,14H,6-7,10-11H2,1H3,(H,23,29)(H,26,27). The first-order valence-electron chi connectivity index (χ1n) is 9.70. The highest BCUT2D eigenvalue weighted by Gasteiger charge is 2.29. The van der Waals surface area contributed by atoms with Crippen molar-refractivity contribution in [1.29, 1.82) is 0 Å². The summed E-state index contributed by atoms with van der Waals surface area (Å²) >= 11 is 0. The molecule has 0 radical (unpaired) electrons. The van der Waals surface area contributed by atoms with Crippen molar-refractivity contribution in [3.63, 3.8) is 0 Å². The second kappa shape index (κ2) is 8.40. The Morgan fingerprint density at radius 1 is 1.17 bits per heavy atom. The predicted molar refractivity (Wildman–Crippen MR) is 107 cm³/mol. The van der Waals surface area contributed by atoms with Crippen LogP contribution in [0.15, 0.2) is 42.9 Å². The van der Waals surface area contributed by atoms with Crippen LogP contribution in [-0.4, -0.2) is 56.8 Å². The number of amides is 2. The van der Waals surface area contributed by atoms with Crippen molar-refractivity contribution in [2.45, 2.75) is 18.8 Å². The van der Waals surface area contributed by atoms with Gasteiger partial charge in [0.25, 0.3) is 11.8 Å². The average Bonchev–Trinajstić information content (AvgIpc) is 3.25. The molecule has 1 fully saturated rings. The van der Waals surface area contributed by atoms with Crippen molar-refractivity contribution in [2.24, 2.45) is 0 Å². The van der Waals surface area contributed by atoms with E-state index in [0.717, 1.165) is 0 Å². The molecule has 0 unspecified atom stereocenters. The van der Waals surface area contributed by atoms with Gasteiger partial charge >= 0.3 is 0 Å². The summed E-state index contributed by atoms with van der Waals surface area (Å²) in [5.74, 6) is -0.00780. The third-order valence-electron chi connectivity index (χ3n) is 5.25. The van der Waals surface area contributed by atoms with E-state index in [9.17, 15) is 14.0 Å². The lowest BCUT2D eigenvalue weighted by Crippen LogP contribution is -2.38. The number of piperidine rings is 1. The molecule has 154 valence electrons. The summed E-state index contributed by atoms with van der Waals surface area (Å²) in [5, 5.41) is 2.61. The number of aromatic amines is 1. The van der Waals surface area contributed by atoms with Gasteiger partial charge in [0.1, 0.15) is 28.7 Å². The van der Waals surface area contributed by atoms with Crippen LogP contribution >= 0.6 is 0 Å². The normalized spacial score (nSPS) is 14.5. The van der Waals surface area contributed by atoms with Crippen molar-refractivity contribution < 1.29 is 14.0 Å². The van der Waals surface area contributed by atoms with Crippen molar-refractivity contribution in [3.05, 3.63) is 65.9 Å².